The van der Waals surface area contributed by atoms with Gasteiger partial charge in [0.25, 0.3) is 0 Å². The average molecular weight is 302 g/mol. The number of carbonyl (C=O) groups is 1. The van der Waals surface area contributed by atoms with Gasteiger partial charge in [-0.2, -0.15) is 0 Å². The molecule has 1 aromatic heterocycles. The highest BCUT2D eigenvalue weighted by atomic mass is 35.5. The van der Waals surface area contributed by atoms with Gasteiger partial charge in [-0.3, -0.25) is 4.79 Å². The van der Waals surface area contributed by atoms with Crippen LogP contribution in [-0.4, -0.2) is 16.9 Å². The van der Waals surface area contributed by atoms with Crippen LogP contribution in [0.5, 0.6) is 0 Å². The van der Waals surface area contributed by atoms with E-state index in [2.05, 4.69) is 27.8 Å². The summed E-state index contributed by atoms with van der Waals surface area (Å²) < 4.78 is 0. The van der Waals surface area contributed by atoms with Crippen molar-refractivity contribution in [2.24, 2.45) is 0 Å². The Morgan fingerprint density at radius 3 is 2.90 bits per heavy atom. The van der Waals surface area contributed by atoms with E-state index < -0.39 is 0 Å². The van der Waals surface area contributed by atoms with E-state index in [-0.39, 0.29) is 11.9 Å². The molecule has 0 saturated carbocycles. The summed E-state index contributed by atoms with van der Waals surface area (Å²) in [5.74, 6) is -0.0481. The van der Waals surface area contributed by atoms with Crippen molar-refractivity contribution in [3.8, 4) is 0 Å². The summed E-state index contributed by atoms with van der Waals surface area (Å²) in [4.78, 5) is 16.4. The number of nitrogens with one attached hydrogen (secondary N) is 2. The number of nitrogens with zero attached hydrogens (tertiary/aromatic N) is 1. The molecule has 1 aliphatic rings. The second-order valence-electron chi connectivity index (χ2n) is 5.23. The molecule has 0 saturated heterocycles. The summed E-state index contributed by atoms with van der Waals surface area (Å²) in [6, 6.07) is 9.78. The lowest BCUT2D eigenvalue weighted by atomic mass is 9.95. The molecule has 0 aliphatic carbocycles. The van der Waals surface area contributed by atoms with Gasteiger partial charge in [0.05, 0.1) is 17.9 Å². The Morgan fingerprint density at radius 1 is 1.38 bits per heavy atom. The quantitative estimate of drug-likeness (QED) is 0.839. The van der Waals surface area contributed by atoms with Crippen molar-refractivity contribution in [3.63, 3.8) is 0 Å². The number of pyridine rings is 1. The van der Waals surface area contributed by atoms with E-state index in [4.69, 9.17) is 11.6 Å². The minimum absolute atomic E-state index is 0.0481. The van der Waals surface area contributed by atoms with Crippen molar-refractivity contribution in [3.05, 3.63) is 58.4 Å². The van der Waals surface area contributed by atoms with Gasteiger partial charge in [-0.25, -0.2) is 4.98 Å². The number of rotatable bonds is 2. The zero-order chi connectivity index (χ0) is 14.8. The summed E-state index contributed by atoms with van der Waals surface area (Å²) in [5.41, 5.74) is 3.99. The molecule has 2 heterocycles. The number of benzene rings is 1. The van der Waals surface area contributed by atoms with Crippen LogP contribution in [0, 0.1) is 6.92 Å². The summed E-state index contributed by atoms with van der Waals surface area (Å²) in [7, 11) is 0. The molecule has 1 aromatic carbocycles. The number of aryl methyl sites for hydroxylation is 1. The minimum Gasteiger partial charge on any atom is -0.323 e. The van der Waals surface area contributed by atoms with Crippen LogP contribution in [0.3, 0.4) is 0 Å². The first-order valence-corrected chi connectivity index (χ1v) is 7.24. The van der Waals surface area contributed by atoms with Gasteiger partial charge in [0, 0.05) is 6.54 Å². The maximum absolute atomic E-state index is 12.3. The second kappa shape index (κ2) is 5.84. The molecular weight excluding hydrogens is 286 g/mol. The first kappa shape index (κ1) is 14.0. The molecular formula is C16H16ClN3O. The normalized spacial score (nSPS) is 17.1. The van der Waals surface area contributed by atoms with Crippen LogP contribution >= 0.6 is 11.6 Å². The molecule has 0 spiro atoms. The lowest BCUT2D eigenvalue weighted by Crippen LogP contribution is -2.44. The second-order valence-corrected chi connectivity index (χ2v) is 5.59. The number of halogens is 1. The van der Waals surface area contributed by atoms with Crippen LogP contribution in [0.2, 0.25) is 5.15 Å². The molecule has 1 atom stereocenters. The SMILES string of the molecule is Cc1cc(NC(=O)[C@H]2Cc3ccccc3CN2)cnc1Cl. The molecule has 0 unspecified atom stereocenters. The van der Waals surface area contributed by atoms with E-state index in [1.165, 1.54) is 11.1 Å². The summed E-state index contributed by atoms with van der Waals surface area (Å²) >= 11 is 5.89. The van der Waals surface area contributed by atoms with Crippen LogP contribution in [0.15, 0.2) is 36.5 Å². The molecule has 1 amide bonds. The number of hydrogen-bond acceptors (Lipinski definition) is 3. The predicted molar refractivity (Wildman–Crippen MR) is 83.4 cm³/mol. The Morgan fingerprint density at radius 2 is 2.14 bits per heavy atom. The number of anilines is 1. The zero-order valence-electron chi connectivity index (χ0n) is 11.7. The molecule has 2 aromatic rings. The van der Waals surface area contributed by atoms with E-state index in [1.54, 1.807) is 6.20 Å². The van der Waals surface area contributed by atoms with Gasteiger partial charge in [0.1, 0.15) is 5.15 Å². The number of aromatic nitrogens is 1. The molecule has 21 heavy (non-hydrogen) atoms. The first-order chi connectivity index (χ1) is 10.1. The monoisotopic (exact) mass is 301 g/mol. The minimum atomic E-state index is -0.226. The number of carbonyl (C=O) groups excluding carboxylic acids is 1. The van der Waals surface area contributed by atoms with Gasteiger partial charge >= 0.3 is 0 Å². The highest BCUT2D eigenvalue weighted by Gasteiger charge is 2.23. The molecule has 1 aliphatic heterocycles. The van der Waals surface area contributed by atoms with Crippen molar-refractivity contribution in [2.45, 2.75) is 25.9 Å². The van der Waals surface area contributed by atoms with Gasteiger partial charge in [0.2, 0.25) is 5.91 Å². The first-order valence-electron chi connectivity index (χ1n) is 6.86. The fourth-order valence-corrected chi connectivity index (χ4v) is 2.60. The third-order valence-corrected chi connectivity index (χ3v) is 4.08. The van der Waals surface area contributed by atoms with Crippen molar-refractivity contribution >= 4 is 23.2 Å². The molecule has 5 heteroatoms. The summed E-state index contributed by atoms with van der Waals surface area (Å²) in [6.45, 7) is 2.58. The lowest BCUT2D eigenvalue weighted by molar-refractivity contribution is -0.118. The third kappa shape index (κ3) is 3.06. The molecule has 0 fully saturated rings. The van der Waals surface area contributed by atoms with Crippen LogP contribution in [0.25, 0.3) is 0 Å². The van der Waals surface area contributed by atoms with E-state index >= 15 is 0 Å². The van der Waals surface area contributed by atoms with Crippen molar-refractivity contribution < 1.29 is 4.79 Å². The molecule has 0 bridgehead atoms. The lowest BCUT2D eigenvalue weighted by Gasteiger charge is -2.25. The van der Waals surface area contributed by atoms with Gasteiger partial charge in [-0.1, -0.05) is 35.9 Å². The van der Waals surface area contributed by atoms with Gasteiger partial charge in [-0.15, -0.1) is 0 Å². The predicted octanol–water partition coefficient (Wildman–Crippen LogP) is 2.70. The standard InChI is InChI=1S/C16H16ClN3O/c1-10-6-13(9-19-15(10)17)20-16(21)14-7-11-4-2-3-5-12(11)8-18-14/h2-6,9,14,18H,7-8H2,1H3,(H,20,21)/t14-/m1/s1. The van der Waals surface area contributed by atoms with Crippen molar-refractivity contribution in [2.75, 3.05) is 5.32 Å². The van der Waals surface area contributed by atoms with Gasteiger partial charge in [-0.05, 0) is 36.1 Å². The number of hydrogen-bond donors (Lipinski definition) is 2. The molecule has 0 radical (unpaired) electrons. The van der Waals surface area contributed by atoms with E-state index in [0.717, 1.165) is 5.56 Å². The Bertz CT molecular complexity index is 687. The zero-order valence-corrected chi connectivity index (χ0v) is 12.4. The maximum Gasteiger partial charge on any atom is 0.241 e. The topological polar surface area (TPSA) is 54.0 Å². The van der Waals surface area contributed by atoms with E-state index in [9.17, 15) is 4.79 Å². The van der Waals surface area contributed by atoms with Crippen LogP contribution < -0.4 is 10.6 Å². The van der Waals surface area contributed by atoms with Crippen LogP contribution in [0.1, 0.15) is 16.7 Å². The Kier molecular flexibility index (Phi) is 3.90. The Hall–Kier alpha value is -1.91. The number of amides is 1. The van der Waals surface area contributed by atoms with E-state index in [1.807, 2.05) is 25.1 Å². The Labute approximate surface area is 128 Å². The maximum atomic E-state index is 12.3. The molecule has 3 rings (SSSR count). The Balaban J connectivity index is 1.70. The highest BCUT2D eigenvalue weighted by molar-refractivity contribution is 6.30. The van der Waals surface area contributed by atoms with Crippen molar-refractivity contribution in [1.29, 1.82) is 0 Å². The molecule has 2 N–H and O–H groups in total. The van der Waals surface area contributed by atoms with Gasteiger partial charge < -0.3 is 10.6 Å². The van der Waals surface area contributed by atoms with Crippen molar-refractivity contribution in [1.82, 2.24) is 10.3 Å². The number of fused-ring (bicyclic) bond motifs is 1. The average Bonchev–Trinajstić information content (AvgIpc) is 2.50. The van der Waals surface area contributed by atoms with Gasteiger partial charge in [0.15, 0.2) is 0 Å². The summed E-state index contributed by atoms with van der Waals surface area (Å²) in [5, 5.41) is 6.61. The summed E-state index contributed by atoms with van der Waals surface area (Å²) in [6.07, 6.45) is 2.27. The van der Waals surface area contributed by atoms with Crippen LogP contribution in [-0.2, 0) is 17.8 Å². The smallest absolute Gasteiger partial charge is 0.241 e. The fraction of sp³-hybridized carbons (Fsp3) is 0.250. The largest absolute Gasteiger partial charge is 0.323 e. The van der Waals surface area contributed by atoms with E-state index in [0.29, 0.717) is 23.8 Å². The molecule has 108 valence electrons. The fourth-order valence-electron chi connectivity index (χ4n) is 2.50. The third-order valence-electron chi connectivity index (χ3n) is 3.68. The molecule has 4 nitrogen and oxygen atoms in total. The van der Waals surface area contributed by atoms with Crippen LogP contribution in [0.4, 0.5) is 5.69 Å². The highest BCUT2D eigenvalue weighted by Crippen LogP contribution is 2.19.